The summed E-state index contributed by atoms with van der Waals surface area (Å²) in [6.45, 7) is 1.50. The van der Waals surface area contributed by atoms with Crippen LogP contribution in [0, 0.1) is 11.6 Å². The zero-order chi connectivity index (χ0) is 15.4. The molecule has 0 unspecified atom stereocenters. The van der Waals surface area contributed by atoms with Crippen molar-refractivity contribution in [3.63, 3.8) is 0 Å². The lowest BCUT2D eigenvalue weighted by molar-refractivity contribution is -0.122. The first-order valence-corrected chi connectivity index (χ1v) is 6.52. The minimum atomic E-state index is -0.894. The van der Waals surface area contributed by atoms with Crippen molar-refractivity contribution in [3.05, 3.63) is 59.1 Å². The van der Waals surface area contributed by atoms with Gasteiger partial charge in [0.05, 0.1) is 10.7 Å². The van der Waals surface area contributed by atoms with Gasteiger partial charge < -0.3 is 10.1 Å². The Kier molecular flexibility index (Phi) is 4.75. The van der Waals surface area contributed by atoms with Gasteiger partial charge in [-0.2, -0.15) is 0 Å². The Morgan fingerprint density at radius 1 is 1.24 bits per heavy atom. The average Bonchev–Trinajstić information content (AvgIpc) is 2.44. The first-order chi connectivity index (χ1) is 9.97. The lowest BCUT2D eigenvalue weighted by Crippen LogP contribution is -2.30. The minimum absolute atomic E-state index is 0.115. The molecular weight excluding hydrogens is 300 g/mol. The molecule has 0 aliphatic heterocycles. The van der Waals surface area contributed by atoms with Crippen molar-refractivity contribution >= 4 is 23.2 Å². The number of rotatable bonds is 4. The number of anilines is 1. The molecule has 0 saturated heterocycles. The first kappa shape index (κ1) is 15.3. The zero-order valence-electron chi connectivity index (χ0n) is 11.1. The van der Waals surface area contributed by atoms with Gasteiger partial charge in [0.15, 0.2) is 6.10 Å². The molecule has 0 aliphatic carbocycles. The molecule has 1 N–H and O–H groups in total. The summed E-state index contributed by atoms with van der Waals surface area (Å²) in [7, 11) is 0. The van der Waals surface area contributed by atoms with Crippen LogP contribution in [0.3, 0.4) is 0 Å². The number of benzene rings is 2. The summed E-state index contributed by atoms with van der Waals surface area (Å²) in [5, 5.41) is 2.69. The Bertz CT molecular complexity index is 664. The lowest BCUT2D eigenvalue weighted by Gasteiger charge is -2.15. The highest BCUT2D eigenvalue weighted by Crippen LogP contribution is 2.24. The zero-order valence-corrected chi connectivity index (χ0v) is 11.8. The monoisotopic (exact) mass is 311 g/mol. The molecule has 110 valence electrons. The van der Waals surface area contributed by atoms with Crippen LogP contribution in [0.1, 0.15) is 6.92 Å². The standard InChI is InChI=1S/C15H12ClF2NO2/c1-9(21-14-5-3-2-4-11(14)16)15(20)19-13-7-6-10(17)8-12(13)18/h2-9H,1H3,(H,19,20)/t9-/m1/s1. The third-order valence-corrected chi connectivity index (χ3v) is 3.01. The third kappa shape index (κ3) is 3.92. The van der Waals surface area contributed by atoms with E-state index in [1.807, 2.05) is 0 Å². The van der Waals surface area contributed by atoms with Gasteiger partial charge in [0.2, 0.25) is 0 Å². The molecular formula is C15H12ClF2NO2. The summed E-state index contributed by atoms with van der Waals surface area (Å²) < 4.78 is 31.6. The van der Waals surface area contributed by atoms with Crippen LogP contribution in [0.25, 0.3) is 0 Å². The average molecular weight is 312 g/mol. The van der Waals surface area contributed by atoms with E-state index in [0.717, 1.165) is 12.1 Å². The molecule has 2 aromatic carbocycles. The number of nitrogens with one attached hydrogen (secondary N) is 1. The van der Waals surface area contributed by atoms with E-state index < -0.39 is 23.6 Å². The van der Waals surface area contributed by atoms with Gasteiger partial charge in [0, 0.05) is 6.07 Å². The van der Waals surface area contributed by atoms with Gasteiger partial charge in [-0.15, -0.1) is 0 Å². The molecule has 0 aliphatic rings. The van der Waals surface area contributed by atoms with E-state index in [9.17, 15) is 13.6 Å². The van der Waals surface area contributed by atoms with Crippen LogP contribution in [0.2, 0.25) is 5.02 Å². The second kappa shape index (κ2) is 6.54. The van der Waals surface area contributed by atoms with Crippen molar-refractivity contribution in [1.82, 2.24) is 0 Å². The second-order valence-corrected chi connectivity index (χ2v) is 4.71. The summed E-state index contributed by atoms with van der Waals surface area (Å²) >= 11 is 5.92. The fraction of sp³-hybridized carbons (Fsp3) is 0.133. The maximum absolute atomic E-state index is 13.4. The quantitative estimate of drug-likeness (QED) is 0.926. The van der Waals surface area contributed by atoms with Gasteiger partial charge in [0.25, 0.3) is 5.91 Å². The molecule has 0 heterocycles. The first-order valence-electron chi connectivity index (χ1n) is 6.14. The fourth-order valence-corrected chi connectivity index (χ4v) is 1.79. The maximum Gasteiger partial charge on any atom is 0.265 e. The molecule has 0 saturated carbocycles. The van der Waals surface area contributed by atoms with Crippen molar-refractivity contribution < 1.29 is 18.3 Å². The van der Waals surface area contributed by atoms with Gasteiger partial charge in [-0.05, 0) is 31.2 Å². The predicted molar refractivity (Wildman–Crippen MR) is 76.5 cm³/mol. The molecule has 21 heavy (non-hydrogen) atoms. The SMILES string of the molecule is C[C@@H](Oc1ccccc1Cl)C(=O)Nc1ccc(F)cc1F. The number of carbonyl (C=O) groups excluding carboxylic acids is 1. The van der Waals surface area contributed by atoms with Crippen LogP contribution in [0.5, 0.6) is 5.75 Å². The molecule has 3 nitrogen and oxygen atoms in total. The van der Waals surface area contributed by atoms with Crippen molar-refractivity contribution in [2.24, 2.45) is 0 Å². The van der Waals surface area contributed by atoms with E-state index in [1.54, 1.807) is 24.3 Å². The largest absolute Gasteiger partial charge is 0.479 e. The Hall–Kier alpha value is -2.14. The van der Waals surface area contributed by atoms with E-state index in [0.29, 0.717) is 16.8 Å². The van der Waals surface area contributed by atoms with Crippen LogP contribution >= 0.6 is 11.6 Å². The molecule has 6 heteroatoms. The van der Waals surface area contributed by atoms with Gasteiger partial charge in [-0.3, -0.25) is 4.79 Å². The summed E-state index contributed by atoms with van der Waals surface area (Å²) in [6.07, 6.45) is -0.894. The number of para-hydroxylation sites is 1. The second-order valence-electron chi connectivity index (χ2n) is 4.30. The molecule has 0 aromatic heterocycles. The molecule has 2 aromatic rings. The summed E-state index contributed by atoms with van der Waals surface area (Å²) in [4.78, 5) is 11.9. The summed E-state index contributed by atoms with van der Waals surface area (Å²) in [5.41, 5.74) is -0.115. The van der Waals surface area contributed by atoms with E-state index >= 15 is 0 Å². The van der Waals surface area contributed by atoms with Crippen LogP contribution in [0.15, 0.2) is 42.5 Å². The maximum atomic E-state index is 13.4. The van der Waals surface area contributed by atoms with E-state index in [-0.39, 0.29) is 5.69 Å². The highest BCUT2D eigenvalue weighted by Gasteiger charge is 2.17. The van der Waals surface area contributed by atoms with Gasteiger partial charge >= 0.3 is 0 Å². The van der Waals surface area contributed by atoms with Gasteiger partial charge in [-0.1, -0.05) is 23.7 Å². The number of carbonyl (C=O) groups is 1. The molecule has 1 atom stereocenters. The summed E-state index contributed by atoms with van der Waals surface area (Å²) in [6, 6.07) is 9.57. The molecule has 0 fully saturated rings. The normalized spacial score (nSPS) is 11.8. The Morgan fingerprint density at radius 3 is 2.62 bits per heavy atom. The van der Waals surface area contributed by atoms with Crippen molar-refractivity contribution in [2.45, 2.75) is 13.0 Å². The van der Waals surface area contributed by atoms with Crippen molar-refractivity contribution in [2.75, 3.05) is 5.32 Å². The summed E-state index contributed by atoms with van der Waals surface area (Å²) in [5.74, 6) is -1.79. The number of halogens is 3. The highest BCUT2D eigenvalue weighted by atomic mass is 35.5. The predicted octanol–water partition coefficient (Wildman–Crippen LogP) is 4.02. The highest BCUT2D eigenvalue weighted by molar-refractivity contribution is 6.32. The van der Waals surface area contributed by atoms with E-state index in [1.165, 1.54) is 6.92 Å². The number of ether oxygens (including phenoxy) is 1. The van der Waals surface area contributed by atoms with Crippen molar-refractivity contribution in [3.8, 4) is 5.75 Å². The lowest BCUT2D eigenvalue weighted by atomic mass is 10.2. The molecule has 2 rings (SSSR count). The Morgan fingerprint density at radius 2 is 1.95 bits per heavy atom. The minimum Gasteiger partial charge on any atom is -0.479 e. The van der Waals surface area contributed by atoms with Gasteiger partial charge in [-0.25, -0.2) is 8.78 Å². The van der Waals surface area contributed by atoms with Crippen LogP contribution in [0.4, 0.5) is 14.5 Å². The molecule has 0 radical (unpaired) electrons. The topological polar surface area (TPSA) is 38.3 Å². The third-order valence-electron chi connectivity index (χ3n) is 2.70. The molecule has 0 bridgehead atoms. The van der Waals surface area contributed by atoms with E-state index in [4.69, 9.17) is 16.3 Å². The van der Waals surface area contributed by atoms with Crippen molar-refractivity contribution in [1.29, 1.82) is 0 Å². The fourth-order valence-electron chi connectivity index (χ4n) is 1.61. The smallest absolute Gasteiger partial charge is 0.265 e. The van der Waals surface area contributed by atoms with Gasteiger partial charge in [0.1, 0.15) is 17.4 Å². The number of hydrogen-bond donors (Lipinski definition) is 1. The molecule has 1 amide bonds. The number of hydrogen-bond acceptors (Lipinski definition) is 2. The molecule has 0 spiro atoms. The van der Waals surface area contributed by atoms with E-state index in [2.05, 4.69) is 5.32 Å². The number of amides is 1. The van der Waals surface area contributed by atoms with Crippen LogP contribution in [-0.4, -0.2) is 12.0 Å². The van der Waals surface area contributed by atoms with Crippen LogP contribution < -0.4 is 10.1 Å². The Balaban J connectivity index is 2.04. The van der Waals surface area contributed by atoms with Crippen LogP contribution in [-0.2, 0) is 4.79 Å². The Labute approximate surface area is 125 Å².